The number of piperidine rings is 1. The van der Waals surface area contributed by atoms with E-state index in [1.807, 2.05) is 6.92 Å². The van der Waals surface area contributed by atoms with Gasteiger partial charge in [0.05, 0.1) is 6.04 Å². The molecule has 3 rings (SSSR count). The molecule has 0 radical (unpaired) electrons. The van der Waals surface area contributed by atoms with Crippen molar-refractivity contribution >= 4 is 11.6 Å². The molecular formula is C21H28N2O. The van der Waals surface area contributed by atoms with Crippen LogP contribution < -0.4 is 10.6 Å². The lowest BCUT2D eigenvalue weighted by Crippen LogP contribution is -2.33. The van der Waals surface area contributed by atoms with Gasteiger partial charge in [-0.25, -0.2) is 0 Å². The fraction of sp³-hybridized carbons (Fsp3) is 0.381. The molecule has 0 saturated carbocycles. The zero-order valence-electron chi connectivity index (χ0n) is 14.5. The van der Waals surface area contributed by atoms with E-state index < -0.39 is 0 Å². The van der Waals surface area contributed by atoms with Crippen LogP contribution >= 0.6 is 0 Å². The fourth-order valence-corrected chi connectivity index (χ4v) is 3.13. The van der Waals surface area contributed by atoms with Gasteiger partial charge < -0.3 is 10.6 Å². The lowest BCUT2D eigenvalue weighted by Gasteiger charge is -2.38. The monoisotopic (exact) mass is 324 g/mol. The van der Waals surface area contributed by atoms with Gasteiger partial charge in [-0.05, 0) is 43.4 Å². The molecule has 0 aromatic heterocycles. The highest BCUT2D eigenvalue weighted by atomic mass is 16.1. The van der Waals surface area contributed by atoms with Crippen molar-refractivity contribution in [3.05, 3.63) is 66.2 Å². The third-order valence-electron chi connectivity index (χ3n) is 4.27. The number of amides is 1. The maximum Gasteiger partial charge on any atom is 0.217 e. The number of hydrogen-bond acceptors (Lipinski definition) is 2. The summed E-state index contributed by atoms with van der Waals surface area (Å²) in [5.74, 6) is -0.211. The van der Waals surface area contributed by atoms with E-state index in [1.54, 1.807) is 0 Å². The number of anilines is 1. The second-order valence-electron chi connectivity index (χ2n) is 6.17. The standard InChI is InChI=1S/C17H19N.C4H9NO/c1-3-9-15(10-4-1)17-13-7-8-14-18(17)16-11-5-2-6-12-16;1-2-3-4(5)6/h1-6,9-12,17H,7-8,13-14H2;2-3H2,1H3,(H2,5,6). The molecule has 1 unspecified atom stereocenters. The van der Waals surface area contributed by atoms with E-state index in [2.05, 4.69) is 65.6 Å². The quantitative estimate of drug-likeness (QED) is 0.887. The van der Waals surface area contributed by atoms with E-state index in [1.165, 1.54) is 37.1 Å². The maximum absolute atomic E-state index is 9.82. The van der Waals surface area contributed by atoms with Crippen LogP contribution in [-0.2, 0) is 4.79 Å². The third-order valence-corrected chi connectivity index (χ3v) is 4.27. The topological polar surface area (TPSA) is 46.3 Å². The first kappa shape index (κ1) is 18.1. The number of rotatable bonds is 4. The van der Waals surface area contributed by atoms with Crippen LogP contribution in [0.25, 0.3) is 0 Å². The lowest BCUT2D eigenvalue weighted by atomic mass is 9.94. The summed E-state index contributed by atoms with van der Waals surface area (Å²) in [6, 6.07) is 22.2. The molecule has 1 aliphatic rings. The van der Waals surface area contributed by atoms with Crippen molar-refractivity contribution in [1.82, 2.24) is 0 Å². The Labute approximate surface area is 145 Å². The minimum absolute atomic E-state index is 0.211. The zero-order chi connectivity index (χ0) is 17.2. The summed E-state index contributed by atoms with van der Waals surface area (Å²) >= 11 is 0. The summed E-state index contributed by atoms with van der Waals surface area (Å²) in [4.78, 5) is 12.4. The first-order valence-corrected chi connectivity index (χ1v) is 8.87. The predicted octanol–water partition coefficient (Wildman–Crippen LogP) is 4.69. The second kappa shape index (κ2) is 9.76. The Balaban J connectivity index is 0.000000301. The van der Waals surface area contributed by atoms with Crippen molar-refractivity contribution in [2.45, 2.75) is 45.1 Å². The number of carbonyl (C=O) groups is 1. The smallest absolute Gasteiger partial charge is 0.217 e. The van der Waals surface area contributed by atoms with E-state index in [-0.39, 0.29) is 5.91 Å². The number of carbonyl (C=O) groups excluding carboxylic acids is 1. The molecule has 0 bridgehead atoms. The predicted molar refractivity (Wildman–Crippen MR) is 101 cm³/mol. The molecule has 2 N–H and O–H groups in total. The Kier molecular flexibility index (Phi) is 7.34. The highest BCUT2D eigenvalue weighted by Gasteiger charge is 2.23. The molecule has 0 spiro atoms. The molecule has 1 heterocycles. The number of hydrogen-bond donors (Lipinski definition) is 1. The van der Waals surface area contributed by atoms with Gasteiger partial charge in [-0.15, -0.1) is 0 Å². The van der Waals surface area contributed by atoms with Crippen molar-refractivity contribution in [2.75, 3.05) is 11.4 Å². The van der Waals surface area contributed by atoms with E-state index in [4.69, 9.17) is 5.73 Å². The molecule has 1 fully saturated rings. The highest BCUT2D eigenvalue weighted by molar-refractivity contribution is 5.73. The van der Waals surface area contributed by atoms with Gasteiger partial charge in [0.2, 0.25) is 5.91 Å². The summed E-state index contributed by atoms with van der Waals surface area (Å²) < 4.78 is 0. The number of nitrogens with zero attached hydrogens (tertiary/aromatic N) is 1. The molecular weight excluding hydrogens is 296 g/mol. The average Bonchev–Trinajstić information content (AvgIpc) is 2.64. The number of primary amides is 1. The van der Waals surface area contributed by atoms with E-state index >= 15 is 0 Å². The SMILES string of the molecule is CCCC(N)=O.c1ccc(C2CCCCN2c2ccccc2)cc1. The second-order valence-corrected chi connectivity index (χ2v) is 6.17. The largest absolute Gasteiger partial charge is 0.370 e. The van der Waals surface area contributed by atoms with E-state index in [9.17, 15) is 4.79 Å². The molecule has 1 atom stereocenters. The normalized spacial score (nSPS) is 16.9. The Morgan fingerprint density at radius 1 is 1.04 bits per heavy atom. The van der Waals surface area contributed by atoms with Crippen LogP contribution in [0.2, 0.25) is 0 Å². The zero-order valence-corrected chi connectivity index (χ0v) is 14.5. The third kappa shape index (κ3) is 5.41. The van der Waals surface area contributed by atoms with Crippen LogP contribution in [-0.4, -0.2) is 12.5 Å². The van der Waals surface area contributed by atoms with Crippen LogP contribution in [0.3, 0.4) is 0 Å². The number of benzene rings is 2. The molecule has 3 nitrogen and oxygen atoms in total. The number of para-hydroxylation sites is 1. The van der Waals surface area contributed by atoms with Crippen molar-refractivity contribution in [2.24, 2.45) is 5.73 Å². The summed E-state index contributed by atoms with van der Waals surface area (Å²) in [5, 5.41) is 0. The molecule has 128 valence electrons. The molecule has 2 aromatic rings. The summed E-state index contributed by atoms with van der Waals surface area (Å²) in [6.07, 6.45) is 5.27. The van der Waals surface area contributed by atoms with Gasteiger partial charge in [0.15, 0.2) is 0 Å². The van der Waals surface area contributed by atoms with E-state index in [0.29, 0.717) is 12.5 Å². The van der Waals surface area contributed by atoms with Crippen LogP contribution in [0.1, 0.15) is 50.6 Å². The van der Waals surface area contributed by atoms with Gasteiger partial charge >= 0.3 is 0 Å². The first-order chi connectivity index (χ1) is 11.7. The molecule has 1 aliphatic heterocycles. The van der Waals surface area contributed by atoms with Gasteiger partial charge in [0.25, 0.3) is 0 Å². The van der Waals surface area contributed by atoms with Gasteiger partial charge in [-0.3, -0.25) is 4.79 Å². The Morgan fingerprint density at radius 2 is 1.67 bits per heavy atom. The lowest BCUT2D eigenvalue weighted by molar-refractivity contribution is -0.118. The van der Waals surface area contributed by atoms with E-state index in [0.717, 1.165) is 6.42 Å². The molecule has 2 aromatic carbocycles. The molecule has 3 heteroatoms. The Morgan fingerprint density at radius 3 is 2.21 bits per heavy atom. The van der Waals surface area contributed by atoms with Crippen LogP contribution in [0.15, 0.2) is 60.7 Å². The summed E-state index contributed by atoms with van der Waals surface area (Å²) in [7, 11) is 0. The van der Waals surface area contributed by atoms with Gasteiger partial charge in [0.1, 0.15) is 0 Å². The van der Waals surface area contributed by atoms with Crippen molar-refractivity contribution in [1.29, 1.82) is 0 Å². The van der Waals surface area contributed by atoms with Gasteiger partial charge in [-0.1, -0.05) is 55.5 Å². The highest BCUT2D eigenvalue weighted by Crippen LogP contribution is 2.34. The minimum Gasteiger partial charge on any atom is -0.370 e. The van der Waals surface area contributed by atoms with Crippen molar-refractivity contribution in [3.63, 3.8) is 0 Å². The molecule has 1 amide bonds. The van der Waals surface area contributed by atoms with Gasteiger partial charge in [-0.2, -0.15) is 0 Å². The summed E-state index contributed by atoms with van der Waals surface area (Å²) in [5.41, 5.74) is 7.56. The summed E-state index contributed by atoms with van der Waals surface area (Å²) in [6.45, 7) is 3.09. The Bertz CT molecular complexity index is 550. The Hall–Kier alpha value is -2.29. The van der Waals surface area contributed by atoms with Crippen molar-refractivity contribution in [3.8, 4) is 0 Å². The number of nitrogens with two attached hydrogens (primary N) is 1. The van der Waals surface area contributed by atoms with Crippen LogP contribution in [0, 0.1) is 0 Å². The van der Waals surface area contributed by atoms with Crippen LogP contribution in [0.5, 0.6) is 0 Å². The average molecular weight is 324 g/mol. The van der Waals surface area contributed by atoms with Gasteiger partial charge in [0, 0.05) is 18.7 Å². The first-order valence-electron chi connectivity index (χ1n) is 8.87. The maximum atomic E-state index is 9.82. The molecule has 0 aliphatic carbocycles. The minimum atomic E-state index is -0.211. The van der Waals surface area contributed by atoms with Crippen LogP contribution in [0.4, 0.5) is 5.69 Å². The molecule has 24 heavy (non-hydrogen) atoms. The molecule has 1 saturated heterocycles. The fourth-order valence-electron chi connectivity index (χ4n) is 3.13. The van der Waals surface area contributed by atoms with Crippen molar-refractivity contribution < 1.29 is 4.79 Å².